The van der Waals surface area contributed by atoms with Gasteiger partial charge in [-0.25, -0.2) is 4.98 Å². The van der Waals surface area contributed by atoms with Crippen LogP contribution in [-0.4, -0.2) is 35.4 Å². The van der Waals surface area contributed by atoms with E-state index in [1.807, 2.05) is 59.5 Å². The highest BCUT2D eigenvalue weighted by atomic mass is 35.5. The number of carbonyl (C=O) groups excluding carboxylic acids is 1. The summed E-state index contributed by atoms with van der Waals surface area (Å²) in [6.45, 7) is 2.19. The van der Waals surface area contributed by atoms with Crippen molar-refractivity contribution < 1.29 is 4.79 Å². The molecule has 1 aliphatic heterocycles. The molecule has 5 heteroatoms. The van der Waals surface area contributed by atoms with Gasteiger partial charge >= 0.3 is 0 Å². The molecular formula is C22H22ClN3O. The lowest BCUT2D eigenvalue weighted by molar-refractivity contribution is 0.0695. The van der Waals surface area contributed by atoms with Gasteiger partial charge in [0.1, 0.15) is 0 Å². The van der Waals surface area contributed by atoms with Crippen molar-refractivity contribution in [1.82, 2.24) is 9.88 Å². The van der Waals surface area contributed by atoms with E-state index in [0.29, 0.717) is 23.0 Å². The summed E-state index contributed by atoms with van der Waals surface area (Å²) < 4.78 is 0. The molecule has 1 amide bonds. The van der Waals surface area contributed by atoms with Gasteiger partial charge in [-0.05, 0) is 43.5 Å². The second kappa shape index (κ2) is 7.67. The van der Waals surface area contributed by atoms with Crippen LogP contribution in [0.25, 0.3) is 22.2 Å². The summed E-state index contributed by atoms with van der Waals surface area (Å²) >= 11 is 6.38. The lowest BCUT2D eigenvalue weighted by Crippen LogP contribution is -2.40. The Morgan fingerprint density at radius 2 is 1.81 bits per heavy atom. The van der Waals surface area contributed by atoms with E-state index in [9.17, 15) is 4.79 Å². The van der Waals surface area contributed by atoms with Crippen molar-refractivity contribution >= 4 is 28.4 Å². The van der Waals surface area contributed by atoms with Gasteiger partial charge in [-0.15, -0.1) is 0 Å². The maximum atomic E-state index is 13.3. The Labute approximate surface area is 164 Å². The first-order chi connectivity index (χ1) is 13.2. The molecular weight excluding hydrogens is 358 g/mol. The molecule has 1 aromatic heterocycles. The second-order valence-corrected chi connectivity index (χ2v) is 7.43. The number of amides is 1. The highest BCUT2D eigenvalue weighted by molar-refractivity contribution is 6.33. The zero-order chi connectivity index (χ0) is 18.8. The standard InChI is InChI=1S/C22H22ClN3O/c23-19-7-3-1-6-17(19)21-13-18(16-5-2-4-8-20(16)25-21)22(27)26-11-9-15(14-24)10-12-26/h1-8,13,15H,9-12,14,24H2. The van der Waals surface area contributed by atoms with Gasteiger partial charge < -0.3 is 10.6 Å². The fourth-order valence-corrected chi connectivity index (χ4v) is 3.93. The number of rotatable bonds is 3. The van der Waals surface area contributed by atoms with Gasteiger partial charge in [0.15, 0.2) is 0 Å². The van der Waals surface area contributed by atoms with Gasteiger partial charge in [-0.2, -0.15) is 0 Å². The first-order valence-electron chi connectivity index (χ1n) is 9.31. The third-order valence-electron chi connectivity index (χ3n) is 5.33. The maximum Gasteiger partial charge on any atom is 0.254 e. The largest absolute Gasteiger partial charge is 0.339 e. The average molecular weight is 380 g/mol. The Hall–Kier alpha value is -2.43. The van der Waals surface area contributed by atoms with Crippen LogP contribution >= 0.6 is 11.6 Å². The number of nitrogens with two attached hydrogens (primary N) is 1. The lowest BCUT2D eigenvalue weighted by atomic mass is 9.96. The van der Waals surface area contributed by atoms with E-state index in [2.05, 4.69) is 0 Å². The molecule has 0 radical (unpaired) electrons. The molecule has 0 spiro atoms. The van der Waals surface area contributed by atoms with E-state index in [1.54, 1.807) is 0 Å². The van der Waals surface area contributed by atoms with Gasteiger partial charge in [0.2, 0.25) is 0 Å². The normalized spacial score (nSPS) is 15.3. The van der Waals surface area contributed by atoms with E-state index < -0.39 is 0 Å². The zero-order valence-corrected chi connectivity index (χ0v) is 15.8. The minimum Gasteiger partial charge on any atom is -0.339 e. The first-order valence-corrected chi connectivity index (χ1v) is 9.69. The number of fused-ring (bicyclic) bond motifs is 1. The molecule has 0 unspecified atom stereocenters. The second-order valence-electron chi connectivity index (χ2n) is 7.02. The Bertz CT molecular complexity index is 980. The molecule has 4 rings (SSSR count). The van der Waals surface area contributed by atoms with Crippen LogP contribution in [0.5, 0.6) is 0 Å². The fraction of sp³-hybridized carbons (Fsp3) is 0.273. The number of piperidine rings is 1. The van der Waals surface area contributed by atoms with E-state index in [1.165, 1.54) is 0 Å². The summed E-state index contributed by atoms with van der Waals surface area (Å²) in [5, 5.41) is 1.50. The Morgan fingerprint density at radius 1 is 1.11 bits per heavy atom. The summed E-state index contributed by atoms with van der Waals surface area (Å²) in [6.07, 6.45) is 1.92. The molecule has 2 heterocycles. The van der Waals surface area contributed by atoms with E-state index in [4.69, 9.17) is 22.3 Å². The number of hydrogen-bond donors (Lipinski definition) is 1. The van der Waals surface area contributed by atoms with Crippen molar-refractivity contribution in [2.24, 2.45) is 11.7 Å². The molecule has 0 atom stereocenters. The Kier molecular flexibility index (Phi) is 5.10. The summed E-state index contributed by atoms with van der Waals surface area (Å²) in [7, 11) is 0. The van der Waals surface area contributed by atoms with Crippen LogP contribution in [0.2, 0.25) is 5.02 Å². The summed E-state index contributed by atoms with van der Waals surface area (Å²) in [4.78, 5) is 20.0. The monoisotopic (exact) mass is 379 g/mol. The number of para-hydroxylation sites is 1. The smallest absolute Gasteiger partial charge is 0.254 e. The van der Waals surface area contributed by atoms with Gasteiger partial charge in [-0.1, -0.05) is 48.0 Å². The topological polar surface area (TPSA) is 59.2 Å². The lowest BCUT2D eigenvalue weighted by Gasteiger charge is -2.31. The molecule has 0 bridgehead atoms. The van der Waals surface area contributed by atoms with Crippen molar-refractivity contribution in [1.29, 1.82) is 0 Å². The van der Waals surface area contributed by atoms with Crippen LogP contribution in [0, 0.1) is 5.92 Å². The molecule has 3 aromatic rings. The zero-order valence-electron chi connectivity index (χ0n) is 15.1. The minimum atomic E-state index is 0.0531. The van der Waals surface area contributed by atoms with Crippen LogP contribution in [0.1, 0.15) is 23.2 Å². The number of aromatic nitrogens is 1. The first kappa shape index (κ1) is 18.0. The molecule has 138 valence electrons. The van der Waals surface area contributed by atoms with Gasteiger partial charge in [0.05, 0.1) is 16.8 Å². The molecule has 1 saturated heterocycles. The van der Waals surface area contributed by atoms with Crippen LogP contribution in [0.15, 0.2) is 54.6 Å². The molecule has 1 fully saturated rings. The Morgan fingerprint density at radius 3 is 2.56 bits per heavy atom. The third-order valence-corrected chi connectivity index (χ3v) is 5.66. The van der Waals surface area contributed by atoms with Crippen molar-refractivity contribution in [3.8, 4) is 11.3 Å². The molecule has 2 N–H and O–H groups in total. The minimum absolute atomic E-state index is 0.0531. The Balaban J connectivity index is 1.77. The van der Waals surface area contributed by atoms with Gasteiger partial charge in [-0.3, -0.25) is 4.79 Å². The average Bonchev–Trinajstić information content (AvgIpc) is 2.73. The summed E-state index contributed by atoms with van der Waals surface area (Å²) in [5.41, 5.74) is 8.82. The van der Waals surface area contributed by atoms with E-state index in [-0.39, 0.29) is 5.91 Å². The summed E-state index contributed by atoms with van der Waals surface area (Å²) in [6, 6.07) is 17.2. The number of pyridine rings is 1. The van der Waals surface area contributed by atoms with Crippen molar-refractivity contribution in [2.75, 3.05) is 19.6 Å². The molecule has 0 aliphatic carbocycles. The molecule has 27 heavy (non-hydrogen) atoms. The maximum absolute atomic E-state index is 13.3. The predicted octanol–water partition coefficient (Wildman–Crippen LogP) is 4.37. The van der Waals surface area contributed by atoms with Crippen LogP contribution in [-0.2, 0) is 0 Å². The van der Waals surface area contributed by atoms with E-state index >= 15 is 0 Å². The van der Waals surface area contributed by atoms with Crippen molar-refractivity contribution in [3.63, 3.8) is 0 Å². The number of benzene rings is 2. The van der Waals surface area contributed by atoms with Crippen LogP contribution in [0.4, 0.5) is 0 Å². The van der Waals surface area contributed by atoms with Gasteiger partial charge in [0.25, 0.3) is 5.91 Å². The molecule has 2 aromatic carbocycles. The fourth-order valence-electron chi connectivity index (χ4n) is 3.70. The molecule has 4 nitrogen and oxygen atoms in total. The molecule has 1 aliphatic rings. The number of carbonyl (C=O) groups is 1. The third kappa shape index (κ3) is 3.55. The van der Waals surface area contributed by atoms with E-state index in [0.717, 1.165) is 48.1 Å². The van der Waals surface area contributed by atoms with Crippen LogP contribution in [0.3, 0.4) is 0 Å². The number of likely N-dealkylation sites (tertiary alicyclic amines) is 1. The van der Waals surface area contributed by atoms with Gasteiger partial charge in [0, 0.05) is 29.1 Å². The quantitative estimate of drug-likeness (QED) is 0.735. The highest BCUT2D eigenvalue weighted by Crippen LogP contribution is 2.30. The van der Waals surface area contributed by atoms with Crippen LogP contribution < -0.4 is 5.73 Å². The number of halogens is 1. The van der Waals surface area contributed by atoms with Crippen molar-refractivity contribution in [3.05, 3.63) is 65.2 Å². The SMILES string of the molecule is NCC1CCN(C(=O)c2cc(-c3ccccc3Cl)nc3ccccc23)CC1. The summed E-state index contributed by atoms with van der Waals surface area (Å²) in [5.74, 6) is 0.569. The predicted molar refractivity (Wildman–Crippen MR) is 110 cm³/mol. The highest BCUT2D eigenvalue weighted by Gasteiger charge is 2.25. The molecule has 0 saturated carbocycles. The number of nitrogens with zero attached hydrogens (tertiary/aromatic N) is 2. The number of hydrogen-bond acceptors (Lipinski definition) is 3. The van der Waals surface area contributed by atoms with Crippen molar-refractivity contribution in [2.45, 2.75) is 12.8 Å².